The zero-order valence-electron chi connectivity index (χ0n) is 7.83. The van der Waals surface area contributed by atoms with Crippen molar-refractivity contribution < 1.29 is 5.11 Å². The van der Waals surface area contributed by atoms with Crippen LogP contribution in [-0.2, 0) is 5.60 Å². The van der Waals surface area contributed by atoms with E-state index in [1.165, 1.54) is 0 Å². The van der Waals surface area contributed by atoms with E-state index in [-0.39, 0.29) is 0 Å². The van der Waals surface area contributed by atoms with Gasteiger partial charge in [0.25, 0.3) is 0 Å². The van der Waals surface area contributed by atoms with Crippen LogP contribution in [0.4, 0.5) is 0 Å². The summed E-state index contributed by atoms with van der Waals surface area (Å²) in [5.74, 6) is 5.40. The molecule has 1 atom stereocenters. The summed E-state index contributed by atoms with van der Waals surface area (Å²) in [7, 11) is 5.59. The first-order valence-electron chi connectivity index (χ1n) is 4.08. The van der Waals surface area contributed by atoms with Gasteiger partial charge in [-0.2, -0.15) is 0 Å². The van der Waals surface area contributed by atoms with Gasteiger partial charge in [0.15, 0.2) is 0 Å². The fourth-order valence-corrected chi connectivity index (χ4v) is 1.16. The molecule has 0 aliphatic heterocycles. The molecule has 0 aliphatic rings. The SMILES string of the molecule is [B]c1cccc(C(C)(O)C#CC)c1. The lowest BCUT2D eigenvalue weighted by Gasteiger charge is -2.17. The summed E-state index contributed by atoms with van der Waals surface area (Å²) in [5.41, 5.74) is 0.252. The fourth-order valence-electron chi connectivity index (χ4n) is 1.16. The summed E-state index contributed by atoms with van der Waals surface area (Å²) in [6.07, 6.45) is 0. The van der Waals surface area contributed by atoms with Crippen LogP contribution in [0.15, 0.2) is 24.3 Å². The zero-order valence-corrected chi connectivity index (χ0v) is 7.83. The van der Waals surface area contributed by atoms with Crippen molar-refractivity contribution in [2.45, 2.75) is 19.4 Å². The molecule has 0 saturated heterocycles. The van der Waals surface area contributed by atoms with Crippen LogP contribution >= 0.6 is 0 Å². The second-order valence-electron chi connectivity index (χ2n) is 3.07. The van der Waals surface area contributed by atoms with Gasteiger partial charge in [0.05, 0.1) is 0 Å². The van der Waals surface area contributed by atoms with E-state index in [0.29, 0.717) is 5.46 Å². The standard InChI is InChI=1S/C11H11BO/c1-3-7-11(2,13)9-5-4-6-10(12)8-9/h4-6,8,13H,1-2H3. The Labute approximate surface area is 80.2 Å². The zero-order chi connectivity index (χ0) is 9.90. The summed E-state index contributed by atoms with van der Waals surface area (Å²) in [5, 5.41) is 9.88. The monoisotopic (exact) mass is 170 g/mol. The molecule has 2 heteroatoms. The van der Waals surface area contributed by atoms with Crippen molar-refractivity contribution in [1.82, 2.24) is 0 Å². The Morgan fingerprint density at radius 1 is 1.46 bits per heavy atom. The first kappa shape index (κ1) is 9.89. The molecule has 0 spiro atoms. The minimum Gasteiger partial charge on any atom is -0.374 e. The summed E-state index contributed by atoms with van der Waals surface area (Å²) in [6.45, 7) is 3.35. The summed E-state index contributed by atoms with van der Waals surface area (Å²) >= 11 is 0. The maximum atomic E-state index is 9.88. The van der Waals surface area contributed by atoms with Gasteiger partial charge in [0, 0.05) is 0 Å². The third kappa shape index (κ3) is 2.37. The minimum absolute atomic E-state index is 0.635. The molecule has 1 aromatic carbocycles. The summed E-state index contributed by atoms with van der Waals surface area (Å²) in [6, 6.07) is 7.11. The van der Waals surface area contributed by atoms with Crippen LogP contribution in [0.25, 0.3) is 0 Å². The van der Waals surface area contributed by atoms with E-state index in [0.717, 1.165) is 5.56 Å². The molecule has 1 aromatic rings. The number of rotatable bonds is 1. The van der Waals surface area contributed by atoms with E-state index < -0.39 is 5.60 Å². The highest BCUT2D eigenvalue weighted by Gasteiger charge is 2.18. The Balaban J connectivity index is 3.12. The van der Waals surface area contributed by atoms with Crippen LogP contribution in [0, 0.1) is 11.8 Å². The number of hydrogen-bond donors (Lipinski definition) is 1. The topological polar surface area (TPSA) is 20.2 Å². The lowest BCUT2D eigenvalue weighted by Crippen LogP contribution is -2.20. The molecule has 1 rings (SSSR count). The summed E-state index contributed by atoms with van der Waals surface area (Å²) in [4.78, 5) is 0. The van der Waals surface area contributed by atoms with Crippen molar-refractivity contribution in [1.29, 1.82) is 0 Å². The van der Waals surface area contributed by atoms with Crippen LogP contribution in [0.3, 0.4) is 0 Å². The van der Waals surface area contributed by atoms with Gasteiger partial charge < -0.3 is 5.11 Å². The highest BCUT2D eigenvalue weighted by molar-refractivity contribution is 6.32. The van der Waals surface area contributed by atoms with Crippen molar-refractivity contribution in [3.8, 4) is 11.8 Å². The lowest BCUT2D eigenvalue weighted by atomic mass is 9.89. The first-order valence-corrected chi connectivity index (χ1v) is 4.08. The van der Waals surface area contributed by atoms with Gasteiger partial charge in [-0.1, -0.05) is 35.6 Å². The van der Waals surface area contributed by atoms with Crippen LogP contribution < -0.4 is 5.46 Å². The Kier molecular flexibility index (Phi) is 2.80. The van der Waals surface area contributed by atoms with E-state index >= 15 is 0 Å². The van der Waals surface area contributed by atoms with Crippen molar-refractivity contribution >= 4 is 13.3 Å². The van der Waals surface area contributed by atoms with Gasteiger partial charge in [0.2, 0.25) is 0 Å². The van der Waals surface area contributed by atoms with Crippen molar-refractivity contribution in [2.75, 3.05) is 0 Å². The second kappa shape index (κ2) is 3.68. The Hall–Kier alpha value is -1.20. The Morgan fingerprint density at radius 3 is 2.69 bits per heavy atom. The molecule has 1 N–H and O–H groups in total. The quantitative estimate of drug-likeness (QED) is 0.486. The van der Waals surface area contributed by atoms with Gasteiger partial charge in [-0.05, 0) is 19.4 Å². The van der Waals surface area contributed by atoms with Crippen LogP contribution in [0.5, 0.6) is 0 Å². The molecule has 0 amide bonds. The number of benzene rings is 1. The van der Waals surface area contributed by atoms with Crippen molar-refractivity contribution in [3.05, 3.63) is 29.8 Å². The van der Waals surface area contributed by atoms with E-state index in [9.17, 15) is 5.11 Å². The second-order valence-corrected chi connectivity index (χ2v) is 3.07. The minimum atomic E-state index is -1.11. The fraction of sp³-hybridized carbons (Fsp3) is 0.273. The van der Waals surface area contributed by atoms with Crippen molar-refractivity contribution in [2.24, 2.45) is 0 Å². The van der Waals surface area contributed by atoms with Crippen LogP contribution in [0.1, 0.15) is 19.4 Å². The molecule has 1 nitrogen and oxygen atoms in total. The molecule has 0 heterocycles. The molecular formula is C11H11BO. The smallest absolute Gasteiger partial charge is 0.148 e. The normalized spacial score (nSPS) is 14.1. The Bertz CT molecular complexity index is 358. The molecule has 13 heavy (non-hydrogen) atoms. The Morgan fingerprint density at radius 2 is 2.15 bits per heavy atom. The van der Waals surface area contributed by atoms with Crippen molar-refractivity contribution in [3.63, 3.8) is 0 Å². The predicted molar refractivity (Wildman–Crippen MR) is 54.9 cm³/mol. The highest BCUT2D eigenvalue weighted by atomic mass is 16.3. The van der Waals surface area contributed by atoms with Gasteiger partial charge in [-0.25, -0.2) is 0 Å². The number of hydrogen-bond acceptors (Lipinski definition) is 1. The third-order valence-corrected chi connectivity index (χ3v) is 1.82. The molecular weight excluding hydrogens is 159 g/mol. The molecule has 0 fully saturated rings. The molecule has 0 aromatic heterocycles. The molecule has 64 valence electrons. The molecule has 2 radical (unpaired) electrons. The van der Waals surface area contributed by atoms with Crippen LogP contribution in [-0.4, -0.2) is 13.0 Å². The average Bonchev–Trinajstić information content (AvgIpc) is 2.04. The van der Waals surface area contributed by atoms with E-state index in [4.69, 9.17) is 7.85 Å². The average molecular weight is 170 g/mol. The van der Waals surface area contributed by atoms with Gasteiger partial charge in [0.1, 0.15) is 13.4 Å². The summed E-state index contributed by atoms with van der Waals surface area (Å²) < 4.78 is 0. The number of aliphatic hydroxyl groups is 1. The molecule has 1 unspecified atom stereocenters. The molecule has 0 aliphatic carbocycles. The van der Waals surface area contributed by atoms with Gasteiger partial charge in [-0.3, -0.25) is 0 Å². The molecule has 0 saturated carbocycles. The first-order chi connectivity index (χ1) is 6.06. The lowest BCUT2D eigenvalue weighted by molar-refractivity contribution is 0.122. The third-order valence-electron chi connectivity index (χ3n) is 1.82. The molecule has 0 bridgehead atoms. The van der Waals surface area contributed by atoms with E-state index in [1.54, 1.807) is 38.1 Å². The highest BCUT2D eigenvalue weighted by Crippen LogP contribution is 2.17. The predicted octanol–water partition coefficient (Wildman–Crippen LogP) is 0.711. The van der Waals surface area contributed by atoms with E-state index in [2.05, 4.69) is 11.8 Å². The maximum absolute atomic E-state index is 9.88. The largest absolute Gasteiger partial charge is 0.374 e. The van der Waals surface area contributed by atoms with Crippen LogP contribution in [0.2, 0.25) is 0 Å². The van der Waals surface area contributed by atoms with Gasteiger partial charge in [-0.15, -0.1) is 5.92 Å². The van der Waals surface area contributed by atoms with Gasteiger partial charge >= 0.3 is 0 Å². The van der Waals surface area contributed by atoms with E-state index in [1.807, 2.05) is 0 Å². The maximum Gasteiger partial charge on any atom is 0.148 e.